The van der Waals surface area contributed by atoms with Crippen LogP contribution in [-0.2, 0) is 4.79 Å². The summed E-state index contributed by atoms with van der Waals surface area (Å²) in [6.07, 6.45) is 6.60. The van der Waals surface area contributed by atoms with Gasteiger partial charge in [-0.2, -0.15) is 0 Å². The number of likely N-dealkylation sites (N-methyl/N-ethyl adjacent to an activating group) is 1. The fourth-order valence-electron chi connectivity index (χ4n) is 5.99. The zero-order chi connectivity index (χ0) is 21.9. The summed E-state index contributed by atoms with van der Waals surface area (Å²) in [6.45, 7) is 7.57. The summed E-state index contributed by atoms with van der Waals surface area (Å²) in [4.78, 5) is 26.7. The number of nitrogens with one attached hydrogen (secondary N) is 1. The Hall–Kier alpha value is -2.77. The Morgan fingerprint density at radius 3 is 2.56 bits per heavy atom. The van der Waals surface area contributed by atoms with Crippen molar-refractivity contribution in [3.8, 4) is 11.3 Å². The minimum atomic E-state index is -0.178. The Balaban J connectivity index is 1.11. The standard InChI is InChI=1S/C25H29N5O2/c1-17-26-12-21(32-17)18-3-4-19-11-27-22(10-20(19)9-18)28-23(31)25-13-24(14-25,15-25)16-30-7-5-29(2)6-8-30/h3-4,9-12H,5-8,13-16H2,1-2H3,(H,27,28,31). The molecule has 166 valence electrons. The molecule has 3 aliphatic carbocycles. The number of aromatic nitrogens is 2. The molecule has 0 unspecified atom stereocenters. The van der Waals surface area contributed by atoms with E-state index in [0.29, 0.717) is 17.1 Å². The maximum atomic E-state index is 13.1. The number of nitrogens with zero attached hydrogens (tertiary/aromatic N) is 4. The van der Waals surface area contributed by atoms with E-state index < -0.39 is 0 Å². The van der Waals surface area contributed by atoms with Gasteiger partial charge in [0.2, 0.25) is 5.91 Å². The number of carbonyl (C=O) groups excluding carboxylic acids is 1. The summed E-state index contributed by atoms with van der Waals surface area (Å²) in [6, 6.07) is 8.03. The fraction of sp³-hybridized carbons (Fsp3) is 0.480. The van der Waals surface area contributed by atoms with Crippen molar-refractivity contribution in [2.45, 2.75) is 26.2 Å². The molecular weight excluding hydrogens is 402 g/mol. The predicted octanol–water partition coefficient (Wildman–Crippen LogP) is 3.55. The van der Waals surface area contributed by atoms with Crippen molar-refractivity contribution in [3.05, 3.63) is 42.5 Å². The Kier molecular flexibility index (Phi) is 4.42. The predicted molar refractivity (Wildman–Crippen MR) is 123 cm³/mol. The van der Waals surface area contributed by atoms with E-state index in [-0.39, 0.29) is 11.3 Å². The van der Waals surface area contributed by atoms with Gasteiger partial charge in [0.05, 0.1) is 11.6 Å². The van der Waals surface area contributed by atoms with Crippen molar-refractivity contribution in [2.75, 3.05) is 45.1 Å². The number of amides is 1. The van der Waals surface area contributed by atoms with Crippen LogP contribution in [0.15, 0.2) is 41.1 Å². The van der Waals surface area contributed by atoms with Crippen molar-refractivity contribution in [1.29, 1.82) is 0 Å². The van der Waals surface area contributed by atoms with Crippen LogP contribution in [0.2, 0.25) is 0 Å². The maximum absolute atomic E-state index is 13.1. The number of anilines is 1. The summed E-state index contributed by atoms with van der Waals surface area (Å²) < 4.78 is 5.65. The lowest BCUT2D eigenvalue weighted by molar-refractivity contribution is -0.210. The molecule has 4 fully saturated rings. The molecule has 7 heteroatoms. The molecule has 3 aromatic rings. The Labute approximate surface area is 187 Å². The Morgan fingerprint density at radius 2 is 1.84 bits per heavy atom. The molecule has 4 aliphatic rings. The molecule has 2 bridgehead atoms. The first kappa shape index (κ1) is 19.9. The average molecular weight is 432 g/mol. The SMILES string of the molecule is Cc1ncc(-c2ccc3cnc(NC(=O)C45CC(CN6CCN(C)CC6)(C4)C5)cc3c2)o1. The van der Waals surface area contributed by atoms with E-state index in [4.69, 9.17) is 4.42 Å². The lowest BCUT2D eigenvalue weighted by Gasteiger charge is -2.70. The number of hydrogen-bond donors (Lipinski definition) is 1. The number of benzene rings is 1. The van der Waals surface area contributed by atoms with E-state index >= 15 is 0 Å². The minimum Gasteiger partial charge on any atom is -0.441 e. The van der Waals surface area contributed by atoms with Gasteiger partial charge in [-0.05, 0) is 49.2 Å². The summed E-state index contributed by atoms with van der Waals surface area (Å²) in [5.41, 5.74) is 1.16. The van der Waals surface area contributed by atoms with Crippen LogP contribution < -0.4 is 5.32 Å². The van der Waals surface area contributed by atoms with Crippen LogP contribution in [0.4, 0.5) is 5.82 Å². The van der Waals surface area contributed by atoms with Gasteiger partial charge in [-0.1, -0.05) is 12.1 Å². The summed E-state index contributed by atoms with van der Waals surface area (Å²) in [5.74, 6) is 2.14. The molecular formula is C25H29N5O2. The molecule has 1 saturated heterocycles. The number of piperazine rings is 1. The molecule has 1 N–H and O–H groups in total. The molecule has 1 aliphatic heterocycles. The Morgan fingerprint density at radius 1 is 1.06 bits per heavy atom. The molecule has 0 radical (unpaired) electrons. The van der Waals surface area contributed by atoms with Gasteiger partial charge in [0.15, 0.2) is 11.7 Å². The zero-order valence-corrected chi connectivity index (χ0v) is 18.7. The van der Waals surface area contributed by atoms with Gasteiger partial charge in [-0.15, -0.1) is 0 Å². The van der Waals surface area contributed by atoms with E-state index in [1.165, 1.54) is 0 Å². The van der Waals surface area contributed by atoms with Gasteiger partial charge < -0.3 is 19.5 Å². The Bertz CT molecular complexity index is 1170. The van der Waals surface area contributed by atoms with Gasteiger partial charge in [-0.25, -0.2) is 9.97 Å². The molecule has 7 rings (SSSR count). The first-order chi connectivity index (χ1) is 15.4. The lowest BCUT2D eigenvalue weighted by atomic mass is 9.34. The van der Waals surface area contributed by atoms with Crippen LogP contribution in [0.25, 0.3) is 22.1 Å². The molecule has 1 amide bonds. The smallest absolute Gasteiger partial charge is 0.231 e. The van der Waals surface area contributed by atoms with Gasteiger partial charge >= 0.3 is 0 Å². The third kappa shape index (κ3) is 3.31. The highest BCUT2D eigenvalue weighted by atomic mass is 16.4. The van der Waals surface area contributed by atoms with Crippen LogP contribution in [0.1, 0.15) is 25.2 Å². The van der Waals surface area contributed by atoms with Gasteiger partial charge in [0.1, 0.15) is 5.82 Å². The number of pyridine rings is 1. The summed E-state index contributed by atoms with van der Waals surface area (Å²) >= 11 is 0. The van der Waals surface area contributed by atoms with Crippen LogP contribution in [0.3, 0.4) is 0 Å². The number of aryl methyl sites for hydroxylation is 1. The lowest BCUT2D eigenvalue weighted by Crippen LogP contribution is -2.70. The van der Waals surface area contributed by atoms with Crippen LogP contribution in [-0.4, -0.2) is 65.4 Å². The second-order valence-corrected chi connectivity index (χ2v) is 10.2. The van der Waals surface area contributed by atoms with Crippen LogP contribution in [0.5, 0.6) is 0 Å². The minimum absolute atomic E-state index is 0.131. The van der Waals surface area contributed by atoms with E-state index in [9.17, 15) is 4.79 Å². The van der Waals surface area contributed by atoms with E-state index in [1.807, 2.05) is 31.3 Å². The largest absolute Gasteiger partial charge is 0.441 e. The summed E-state index contributed by atoms with van der Waals surface area (Å²) in [7, 11) is 2.19. The van der Waals surface area contributed by atoms with Crippen molar-refractivity contribution in [1.82, 2.24) is 19.8 Å². The maximum Gasteiger partial charge on any atom is 0.231 e. The number of hydrogen-bond acceptors (Lipinski definition) is 6. The fourth-order valence-corrected chi connectivity index (χ4v) is 5.99. The van der Waals surface area contributed by atoms with E-state index in [1.54, 1.807) is 6.20 Å². The second-order valence-electron chi connectivity index (χ2n) is 10.2. The highest BCUT2D eigenvalue weighted by molar-refractivity contribution is 5.98. The monoisotopic (exact) mass is 431 g/mol. The zero-order valence-electron chi connectivity index (χ0n) is 18.7. The number of rotatable bonds is 5. The second kappa shape index (κ2) is 7.12. The third-order valence-corrected chi connectivity index (χ3v) is 7.65. The first-order valence-corrected chi connectivity index (χ1v) is 11.5. The normalized spacial score (nSPS) is 27.7. The first-order valence-electron chi connectivity index (χ1n) is 11.5. The highest BCUT2D eigenvalue weighted by Gasteiger charge is 2.71. The molecule has 0 atom stereocenters. The van der Waals surface area contributed by atoms with Gasteiger partial charge in [0.25, 0.3) is 0 Å². The van der Waals surface area contributed by atoms with Crippen LogP contribution >= 0.6 is 0 Å². The number of fused-ring (bicyclic) bond motifs is 1. The highest BCUT2D eigenvalue weighted by Crippen LogP contribution is 2.73. The summed E-state index contributed by atoms with van der Waals surface area (Å²) in [5, 5.41) is 5.15. The molecule has 32 heavy (non-hydrogen) atoms. The van der Waals surface area contributed by atoms with Crippen molar-refractivity contribution in [3.63, 3.8) is 0 Å². The quantitative estimate of drug-likeness (QED) is 0.666. The van der Waals surface area contributed by atoms with Crippen LogP contribution in [0, 0.1) is 17.8 Å². The number of carbonyl (C=O) groups is 1. The van der Waals surface area contributed by atoms with Crippen molar-refractivity contribution < 1.29 is 9.21 Å². The molecule has 0 spiro atoms. The molecule has 3 saturated carbocycles. The molecule has 1 aromatic carbocycles. The topological polar surface area (TPSA) is 74.5 Å². The van der Waals surface area contributed by atoms with E-state index in [2.05, 4.69) is 38.2 Å². The molecule has 7 nitrogen and oxygen atoms in total. The van der Waals surface area contributed by atoms with Gasteiger partial charge in [0, 0.05) is 56.8 Å². The molecule has 3 heterocycles. The number of oxazole rings is 1. The van der Waals surface area contributed by atoms with Crippen molar-refractivity contribution >= 4 is 22.5 Å². The third-order valence-electron chi connectivity index (χ3n) is 7.65. The van der Waals surface area contributed by atoms with Crippen molar-refractivity contribution in [2.24, 2.45) is 10.8 Å². The molecule has 2 aromatic heterocycles. The van der Waals surface area contributed by atoms with E-state index in [0.717, 1.165) is 74.1 Å². The van der Waals surface area contributed by atoms with Gasteiger partial charge in [-0.3, -0.25) is 4.79 Å². The average Bonchev–Trinajstić information content (AvgIpc) is 3.16.